The van der Waals surface area contributed by atoms with Gasteiger partial charge in [-0.05, 0) is 0 Å². The van der Waals surface area contributed by atoms with E-state index in [4.69, 9.17) is 0 Å². The van der Waals surface area contributed by atoms with E-state index in [1.54, 1.807) is 33.4 Å². The average molecular weight is 467 g/mol. The second-order valence-electron chi connectivity index (χ2n) is 9.26. The molecule has 0 fully saturated rings. The molecule has 0 heterocycles. The average Bonchev–Trinajstić information content (AvgIpc) is 3.23. The molecular weight excluding hydrogens is 416 g/mol. The molecule has 31 heavy (non-hydrogen) atoms. The van der Waals surface area contributed by atoms with Crippen LogP contribution in [-0.2, 0) is 15.0 Å². The van der Waals surface area contributed by atoms with Gasteiger partial charge in [0.2, 0.25) is 0 Å². The Labute approximate surface area is 201 Å². The van der Waals surface area contributed by atoms with Crippen LogP contribution in [0, 0.1) is 10.8 Å². The van der Waals surface area contributed by atoms with Crippen molar-refractivity contribution in [3.8, 4) is 0 Å². The Bertz CT molecular complexity index is 709. The predicted octanol–water partition coefficient (Wildman–Crippen LogP) is 10.3. The van der Waals surface area contributed by atoms with Gasteiger partial charge in [-0.3, -0.25) is 0 Å². The third kappa shape index (κ3) is 3.91. The summed E-state index contributed by atoms with van der Waals surface area (Å²) >= 11 is 1.22. The summed E-state index contributed by atoms with van der Waals surface area (Å²) in [5.41, 5.74) is 11.1. The summed E-state index contributed by atoms with van der Waals surface area (Å²) in [6.07, 6.45) is 12.2. The van der Waals surface area contributed by atoms with Gasteiger partial charge < -0.3 is 0 Å². The zero-order chi connectivity index (χ0) is 23.4. The van der Waals surface area contributed by atoms with Crippen molar-refractivity contribution in [3.05, 3.63) is 42.4 Å². The Kier molecular flexibility index (Phi) is 9.54. The summed E-state index contributed by atoms with van der Waals surface area (Å²) in [6, 6.07) is 0. The summed E-state index contributed by atoms with van der Waals surface area (Å²) in [6.45, 7) is 24.2. The fraction of sp³-hybridized carbons (Fsp3) is 0.733. The SMILES string of the molecule is CCC1=C(CC)C(CC)(CC)[C]([Fe][C]2=C(CC)C(CC)=C(CC)C2(CC)CC)=C1CC. The van der Waals surface area contributed by atoms with Crippen LogP contribution in [0.25, 0.3) is 0 Å². The van der Waals surface area contributed by atoms with E-state index >= 15 is 0 Å². The second kappa shape index (κ2) is 11.1. The first-order valence-electron chi connectivity index (χ1n) is 13.5. The molecule has 0 aliphatic heterocycles. The van der Waals surface area contributed by atoms with E-state index in [9.17, 15) is 0 Å². The van der Waals surface area contributed by atoms with Gasteiger partial charge in [0.15, 0.2) is 0 Å². The van der Waals surface area contributed by atoms with Crippen LogP contribution in [-0.4, -0.2) is 0 Å². The topological polar surface area (TPSA) is 0 Å². The van der Waals surface area contributed by atoms with Gasteiger partial charge in [0.05, 0.1) is 0 Å². The zero-order valence-electron chi connectivity index (χ0n) is 22.4. The molecule has 1 heteroatoms. The van der Waals surface area contributed by atoms with Crippen molar-refractivity contribution in [2.75, 3.05) is 0 Å². The van der Waals surface area contributed by atoms with Gasteiger partial charge >= 0.3 is 202 Å². The molecule has 0 radical (unpaired) electrons. The minimum atomic E-state index is 0.297. The van der Waals surface area contributed by atoms with E-state index < -0.39 is 0 Å². The van der Waals surface area contributed by atoms with Crippen LogP contribution in [0.4, 0.5) is 0 Å². The Hall–Kier alpha value is -0.521. The molecule has 0 spiro atoms. The van der Waals surface area contributed by atoms with Crippen molar-refractivity contribution < 1.29 is 15.0 Å². The molecule has 0 bridgehead atoms. The number of hydrogen-bond acceptors (Lipinski definition) is 0. The first-order chi connectivity index (χ1) is 14.9. The molecule has 0 saturated carbocycles. The van der Waals surface area contributed by atoms with Crippen LogP contribution >= 0.6 is 0 Å². The summed E-state index contributed by atoms with van der Waals surface area (Å²) in [7, 11) is 0. The van der Waals surface area contributed by atoms with E-state index in [0.29, 0.717) is 10.8 Å². The van der Waals surface area contributed by atoms with Crippen molar-refractivity contribution in [3.63, 3.8) is 0 Å². The Morgan fingerprint density at radius 2 is 0.710 bits per heavy atom. The van der Waals surface area contributed by atoms with Crippen molar-refractivity contribution >= 4 is 0 Å². The van der Waals surface area contributed by atoms with E-state index in [2.05, 4.69) is 69.2 Å². The Morgan fingerprint density at radius 1 is 0.419 bits per heavy atom. The summed E-state index contributed by atoms with van der Waals surface area (Å²) in [5.74, 6) is 0. The maximum absolute atomic E-state index is 2.45. The molecule has 0 aromatic rings. The Balaban J connectivity index is 2.79. The molecule has 0 saturated heterocycles. The van der Waals surface area contributed by atoms with E-state index in [-0.39, 0.29) is 0 Å². The first-order valence-corrected chi connectivity index (χ1v) is 14.6. The standard InChI is InChI=1S/2C15H25.Fe/c2*1-6-12-11-15(9-4,10-5)14(8-3)13(12)7-2;/h2*6-10H2,1-5H3;. The van der Waals surface area contributed by atoms with Gasteiger partial charge in [0, 0.05) is 0 Å². The van der Waals surface area contributed by atoms with Gasteiger partial charge in [0.1, 0.15) is 0 Å². The third-order valence-corrected chi connectivity index (χ3v) is 10.9. The molecular formula is C30H50Fe. The molecule has 0 nitrogen and oxygen atoms in total. The molecule has 0 unspecified atom stereocenters. The molecule has 0 N–H and O–H groups in total. The maximum atomic E-state index is 2.45. The fourth-order valence-electron chi connectivity index (χ4n) is 7.04. The van der Waals surface area contributed by atoms with Gasteiger partial charge in [-0.1, -0.05) is 0 Å². The van der Waals surface area contributed by atoms with Crippen LogP contribution in [0.5, 0.6) is 0 Å². The van der Waals surface area contributed by atoms with Gasteiger partial charge in [-0.25, -0.2) is 0 Å². The third-order valence-electron chi connectivity index (χ3n) is 8.66. The van der Waals surface area contributed by atoms with Gasteiger partial charge in [-0.15, -0.1) is 0 Å². The van der Waals surface area contributed by atoms with Crippen LogP contribution in [0.2, 0.25) is 0 Å². The number of rotatable bonds is 12. The normalized spacial score (nSPS) is 20.8. The number of allylic oxidation sites excluding steroid dienone is 8. The molecule has 0 aromatic carbocycles. The molecule has 2 aliphatic rings. The predicted molar refractivity (Wildman–Crippen MR) is 136 cm³/mol. The van der Waals surface area contributed by atoms with Crippen molar-refractivity contribution in [2.45, 2.75) is 133 Å². The second-order valence-corrected chi connectivity index (χ2v) is 10.6. The molecule has 2 rings (SSSR count). The molecule has 0 atom stereocenters. The molecule has 0 amide bonds. The Morgan fingerprint density at radius 3 is 0.903 bits per heavy atom. The van der Waals surface area contributed by atoms with Crippen LogP contribution in [0.15, 0.2) is 42.4 Å². The summed E-state index contributed by atoms with van der Waals surface area (Å²) in [5, 5.41) is 0. The quantitative estimate of drug-likeness (QED) is 0.251. The minimum absolute atomic E-state index is 0.297. The summed E-state index contributed by atoms with van der Waals surface area (Å²) < 4.78 is 3.63. The fourth-order valence-corrected chi connectivity index (χ4v) is 10.0. The van der Waals surface area contributed by atoms with Crippen LogP contribution < -0.4 is 0 Å². The van der Waals surface area contributed by atoms with Gasteiger partial charge in [-0.2, -0.15) is 0 Å². The van der Waals surface area contributed by atoms with E-state index in [1.807, 2.05) is 8.94 Å². The van der Waals surface area contributed by atoms with E-state index in [0.717, 1.165) is 0 Å². The van der Waals surface area contributed by atoms with Crippen molar-refractivity contribution in [2.24, 2.45) is 10.8 Å². The first kappa shape index (κ1) is 26.7. The summed E-state index contributed by atoms with van der Waals surface area (Å²) in [4.78, 5) is 0. The van der Waals surface area contributed by atoms with Gasteiger partial charge in [0.25, 0.3) is 0 Å². The zero-order valence-corrected chi connectivity index (χ0v) is 23.5. The molecule has 178 valence electrons. The molecule has 2 aliphatic carbocycles. The number of hydrogen-bond donors (Lipinski definition) is 0. The van der Waals surface area contributed by atoms with Crippen LogP contribution in [0.3, 0.4) is 0 Å². The van der Waals surface area contributed by atoms with Crippen molar-refractivity contribution in [1.29, 1.82) is 0 Å². The molecule has 0 aromatic heterocycles. The monoisotopic (exact) mass is 466 g/mol. The van der Waals surface area contributed by atoms with E-state index in [1.165, 1.54) is 79.2 Å². The van der Waals surface area contributed by atoms with Crippen LogP contribution in [0.1, 0.15) is 133 Å². The van der Waals surface area contributed by atoms with Crippen molar-refractivity contribution in [1.82, 2.24) is 0 Å².